The predicted octanol–water partition coefficient (Wildman–Crippen LogP) is 4.35. The third-order valence-corrected chi connectivity index (χ3v) is 4.33. The summed E-state index contributed by atoms with van der Waals surface area (Å²) in [7, 11) is 2.12. The molecule has 0 bridgehead atoms. The Morgan fingerprint density at radius 3 is 2.38 bits per heavy atom. The van der Waals surface area contributed by atoms with Crippen molar-refractivity contribution < 1.29 is 0 Å². The molecule has 2 nitrogen and oxygen atoms in total. The summed E-state index contributed by atoms with van der Waals surface area (Å²) in [6.45, 7) is 5.04. The van der Waals surface area contributed by atoms with E-state index in [1.165, 1.54) is 22.4 Å². The molecule has 2 N–H and O–H groups in total. The van der Waals surface area contributed by atoms with E-state index in [0.717, 1.165) is 11.4 Å². The van der Waals surface area contributed by atoms with Crippen molar-refractivity contribution in [2.75, 3.05) is 18.5 Å². The fourth-order valence-electron chi connectivity index (χ4n) is 2.52. The van der Waals surface area contributed by atoms with Gasteiger partial charge in [0.25, 0.3) is 0 Å². The lowest BCUT2D eigenvalue weighted by Crippen LogP contribution is -2.21. The number of rotatable bonds is 5. The summed E-state index contributed by atoms with van der Waals surface area (Å²) in [4.78, 5) is 2.28. The van der Waals surface area contributed by atoms with Crippen LogP contribution in [0.15, 0.2) is 42.5 Å². The Hall–Kier alpha value is -1.51. The van der Waals surface area contributed by atoms with E-state index in [-0.39, 0.29) is 0 Å². The quantitative estimate of drug-likeness (QED) is 0.890. The monoisotopic (exact) mass is 302 g/mol. The second-order valence-electron chi connectivity index (χ2n) is 5.49. The highest BCUT2D eigenvalue weighted by Gasteiger charge is 2.13. The summed E-state index contributed by atoms with van der Waals surface area (Å²) >= 11 is 5.96. The fraction of sp³-hybridized carbons (Fsp3) is 0.333. The lowest BCUT2D eigenvalue weighted by atomic mass is 10.0. The van der Waals surface area contributed by atoms with Crippen molar-refractivity contribution in [3.63, 3.8) is 0 Å². The molecule has 0 radical (unpaired) electrons. The van der Waals surface area contributed by atoms with E-state index in [2.05, 4.69) is 56.1 Å². The molecule has 2 aromatic rings. The fourth-order valence-corrected chi connectivity index (χ4v) is 2.65. The number of nitrogens with zero attached hydrogens (tertiary/aromatic N) is 1. The summed E-state index contributed by atoms with van der Waals surface area (Å²) in [6, 6.07) is 14.9. The SMILES string of the molecule is Cc1cc(N(C)C(C)c2ccc(Cl)cc2)ccc1CCN. The Morgan fingerprint density at radius 2 is 1.81 bits per heavy atom. The van der Waals surface area contributed by atoms with Crippen molar-refractivity contribution in [3.8, 4) is 0 Å². The first-order chi connectivity index (χ1) is 10.0. The molecule has 1 unspecified atom stereocenters. The molecule has 112 valence electrons. The van der Waals surface area contributed by atoms with Crippen LogP contribution in [-0.2, 0) is 6.42 Å². The second-order valence-corrected chi connectivity index (χ2v) is 5.92. The standard InChI is InChI=1S/C18H23ClN2/c1-13-12-18(9-6-15(13)10-11-20)21(3)14(2)16-4-7-17(19)8-5-16/h4-9,12,14H,10-11,20H2,1-3H3. The minimum atomic E-state index is 0.294. The number of hydrogen-bond donors (Lipinski definition) is 1. The third-order valence-electron chi connectivity index (χ3n) is 4.08. The number of benzene rings is 2. The Bertz CT molecular complexity index is 593. The zero-order chi connectivity index (χ0) is 15.4. The summed E-state index contributed by atoms with van der Waals surface area (Å²) < 4.78 is 0. The van der Waals surface area contributed by atoms with Gasteiger partial charge in [0.2, 0.25) is 0 Å². The van der Waals surface area contributed by atoms with Crippen LogP contribution in [-0.4, -0.2) is 13.6 Å². The van der Waals surface area contributed by atoms with Gasteiger partial charge in [-0.3, -0.25) is 0 Å². The molecule has 0 saturated carbocycles. The van der Waals surface area contributed by atoms with Gasteiger partial charge < -0.3 is 10.6 Å². The first kappa shape index (κ1) is 15.9. The van der Waals surface area contributed by atoms with E-state index in [9.17, 15) is 0 Å². The Kier molecular flexibility index (Phi) is 5.27. The van der Waals surface area contributed by atoms with Crippen LogP contribution in [0.3, 0.4) is 0 Å². The molecule has 0 aliphatic rings. The van der Waals surface area contributed by atoms with Gasteiger partial charge >= 0.3 is 0 Å². The van der Waals surface area contributed by atoms with Crippen LogP contribution in [0.2, 0.25) is 5.02 Å². The molecule has 21 heavy (non-hydrogen) atoms. The highest BCUT2D eigenvalue weighted by molar-refractivity contribution is 6.30. The average molecular weight is 303 g/mol. The number of nitrogens with two attached hydrogens (primary N) is 1. The number of hydrogen-bond acceptors (Lipinski definition) is 2. The van der Waals surface area contributed by atoms with E-state index in [1.54, 1.807) is 0 Å². The molecule has 0 spiro atoms. The highest BCUT2D eigenvalue weighted by Crippen LogP contribution is 2.27. The zero-order valence-electron chi connectivity index (χ0n) is 12.9. The lowest BCUT2D eigenvalue weighted by Gasteiger charge is -2.28. The molecule has 0 aliphatic heterocycles. The average Bonchev–Trinajstić information content (AvgIpc) is 2.49. The van der Waals surface area contributed by atoms with Crippen LogP contribution in [0.4, 0.5) is 5.69 Å². The summed E-state index contributed by atoms with van der Waals surface area (Å²) in [6.07, 6.45) is 0.933. The molecule has 0 aliphatic carbocycles. The van der Waals surface area contributed by atoms with Crippen molar-refractivity contribution in [1.29, 1.82) is 0 Å². The van der Waals surface area contributed by atoms with Crippen molar-refractivity contribution in [2.45, 2.75) is 26.3 Å². The van der Waals surface area contributed by atoms with Crippen LogP contribution in [0.5, 0.6) is 0 Å². The van der Waals surface area contributed by atoms with E-state index < -0.39 is 0 Å². The molecule has 1 atom stereocenters. The van der Waals surface area contributed by atoms with Gasteiger partial charge in [0.1, 0.15) is 0 Å². The van der Waals surface area contributed by atoms with Crippen LogP contribution >= 0.6 is 11.6 Å². The highest BCUT2D eigenvalue weighted by atomic mass is 35.5. The molecule has 0 heterocycles. The zero-order valence-corrected chi connectivity index (χ0v) is 13.7. The van der Waals surface area contributed by atoms with Gasteiger partial charge in [0.05, 0.1) is 6.04 Å². The van der Waals surface area contributed by atoms with Crippen LogP contribution in [0, 0.1) is 6.92 Å². The van der Waals surface area contributed by atoms with Gasteiger partial charge in [-0.05, 0) is 67.8 Å². The summed E-state index contributed by atoms with van der Waals surface area (Å²) in [5, 5.41) is 0.774. The smallest absolute Gasteiger partial charge is 0.0511 e. The topological polar surface area (TPSA) is 29.3 Å². The molecule has 2 rings (SSSR count). The van der Waals surface area contributed by atoms with Gasteiger partial charge in [-0.2, -0.15) is 0 Å². The van der Waals surface area contributed by atoms with Gasteiger partial charge in [-0.1, -0.05) is 29.8 Å². The molecule has 2 aromatic carbocycles. The Labute approximate surface area is 132 Å². The van der Waals surface area contributed by atoms with E-state index in [4.69, 9.17) is 17.3 Å². The van der Waals surface area contributed by atoms with E-state index in [1.807, 2.05) is 12.1 Å². The molecular formula is C18H23ClN2. The largest absolute Gasteiger partial charge is 0.368 e. The molecule has 0 amide bonds. The van der Waals surface area contributed by atoms with Gasteiger partial charge in [0, 0.05) is 17.8 Å². The molecule has 0 fully saturated rings. The normalized spacial score (nSPS) is 12.2. The number of anilines is 1. The minimum absolute atomic E-state index is 0.294. The maximum Gasteiger partial charge on any atom is 0.0511 e. The third kappa shape index (κ3) is 3.78. The Balaban J connectivity index is 2.20. The van der Waals surface area contributed by atoms with Crippen molar-refractivity contribution in [3.05, 3.63) is 64.2 Å². The first-order valence-electron chi connectivity index (χ1n) is 7.31. The van der Waals surface area contributed by atoms with Crippen molar-refractivity contribution >= 4 is 17.3 Å². The van der Waals surface area contributed by atoms with Gasteiger partial charge in [-0.25, -0.2) is 0 Å². The minimum Gasteiger partial charge on any atom is -0.368 e. The summed E-state index contributed by atoms with van der Waals surface area (Å²) in [5.74, 6) is 0. The van der Waals surface area contributed by atoms with Gasteiger partial charge in [0.15, 0.2) is 0 Å². The second kappa shape index (κ2) is 6.97. The Morgan fingerprint density at radius 1 is 1.14 bits per heavy atom. The summed E-state index contributed by atoms with van der Waals surface area (Å²) in [5.41, 5.74) is 10.7. The van der Waals surface area contributed by atoms with Crippen molar-refractivity contribution in [1.82, 2.24) is 0 Å². The maximum atomic E-state index is 5.96. The molecule has 0 saturated heterocycles. The van der Waals surface area contributed by atoms with Gasteiger partial charge in [-0.15, -0.1) is 0 Å². The van der Waals surface area contributed by atoms with Crippen LogP contribution in [0.25, 0.3) is 0 Å². The predicted molar refractivity (Wildman–Crippen MR) is 92.2 cm³/mol. The first-order valence-corrected chi connectivity index (χ1v) is 7.68. The van der Waals surface area contributed by atoms with Crippen molar-refractivity contribution in [2.24, 2.45) is 5.73 Å². The van der Waals surface area contributed by atoms with Crippen LogP contribution in [0.1, 0.15) is 29.7 Å². The van der Waals surface area contributed by atoms with E-state index >= 15 is 0 Å². The lowest BCUT2D eigenvalue weighted by molar-refractivity contribution is 0.739. The molecule has 0 aromatic heterocycles. The number of halogens is 1. The molecule has 3 heteroatoms. The maximum absolute atomic E-state index is 5.96. The van der Waals surface area contributed by atoms with E-state index in [0.29, 0.717) is 12.6 Å². The molecular weight excluding hydrogens is 280 g/mol. The van der Waals surface area contributed by atoms with Crippen LogP contribution < -0.4 is 10.6 Å². The number of aryl methyl sites for hydroxylation is 1.